The third-order valence-electron chi connectivity index (χ3n) is 3.61. The fourth-order valence-corrected chi connectivity index (χ4v) is 2.81. The predicted octanol–water partition coefficient (Wildman–Crippen LogP) is 5.15. The van der Waals surface area contributed by atoms with E-state index in [4.69, 9.17) is 0 Å². The van der Waals surface area contributed by atoms with Gasteiger partial charge in [0.1, 0.15) is 0 Å². The van der Waals surface area contributed by atoms with E-state index >= 15 is 0 Å². The molecule has 4 rings (SSSR count). The molecular weight excluding hydrogens is 216 g/mol. The van der Waals surface area contributed by atoms with Crippen LogP contribution < -0.4 is 0 Å². The molecule has 0 aliphatic rings. The van der Waals surface area contributed by atoms with E-state index in [2.05, 4.69) is 72.8 Å². The van der Waals surface area contributed by atoms with Crippen molar-refractivity contribution in [2.24, 2.45) is 0 Å². The van der Waals surface area contributed by atoms with E-state index < -0.39 is 0 Å². The molecule has 0 aromatic heterocycles. The summed E-state index contributed by atoms with van der Waals surface area (Å²) in [6.07, 6.45) is 0. The van der Waals surface area contributed by atoms with Crippen molar-refractivity contribution in [2.75, 3.05) is 0 Å². The van der Waals surface area contributed by atoms with Crippen LogP contribution in [0, 0.1) is 0 Å². The van der Waals surface area contributed by atoms with Crippen LogP contribution in [-0.2, 0) is 0 Å². The van der Waals surface area contributed by atoms with Crippen LogP contribution in [-0.4, -0.2) is 0 Å². The van der Waals surface area contributed by atoms with Crippen LogP contribution in [0.25, 0.3) is 32.3 Å². The maximum atomic E-state index is 2.21. The molecule has 84 valence electrons. The van der Waals surface area contributed by atoms with Crippen LogP contribution in [0.2, 0.25) is 0 Å². The lowest BCUT2D eigenvalue weighted by atomic mass is 9.96. The second-order valence-electron chi connectivity index (χ2n) is 4.67. The Morgan fingerprint density at radius 3 is 1.11 bits per heavy atom. The highest BCUT2D eigenvalue weighted by Gasteiger charge is 2.04. The predicted molar refractivity (Wildman–Crippen MR) is 79.0 cm³/mol. The van der Waals surface area contributed by atoms with Gasteiger partial charge in [-0.1, -0.05) is 72.8 Å². The van der Waals surface area contributed by atoms with Gasteiger partial charge in [-0.25, -0.2) is 0 Å². The third-order valence-corrected chi connectivity index (χ3v) is 3.61. The molecule has 18 heavy (non-hydrogen) atoms. The first kappa shape index (κ1) is 9.67. The van der Waals surface area contributed by atoms with Crippen molar-refractivity contribution < 1.29 is 0 Å². The van der Waals surface area contributed by atoms with Crippen molar-refractivity contribution in [3.8, 4) is 0 Å². The molecule has 0 amide bonds. The standard InChI is InChI=1S/C18H12/c1-2-6-14-8-4-10-16-12-11-15-9-3-7-13(5-1)17(15)18(14)16/h1-12H. The van der Waals surface area contributed by atoms with Gasteiger partial charge in [-0.2, -0.15) is 0 Å². The summed E-state index contributed by atoms with van der Waals surface area (Å²) < 4.78 is 0. The van der Waals surface area contributed by atoms with Gasteiger partial charge in [0.05, 0.1) is 0 Å². The second kappa shape index (κ2) is 3.58. The zero-order chi connectivity index (χ0) is 11.9. The third kappa shape index (κ3) is 1.26. The number of hydrogen-bond donors (Lipinski definition) is 0. The van der Waals surface area contributed by atoms with Crippen LogP contribution in [0.4, 0.5) is 0 Å². The van der Waals surface area contributed by atoms with Gasteiger partial charge in [0.2, 0.25) is 0 Å². The summed E-state index contributed by atoms with van der Waals surface area (Å²) in [6, 6.07) is 26.0. The Bertz CT molecular complexity index is 798. The molecule has 0 spiro atoms. The van der Waals surface area contributed by atoms with Gasteiger partial charge in [0.25, 0.3) is 0 Å². The minimum atomic E-state index is 1.30. The first-order chi connectivity index (χ1) is 8.93. The van der Waals surface area contributed by atoms with Crippen molar-refractivity contribution >= 4 is 32.3 Å². The summed E-state index contributed by atoms with van der Waals surface area (Å²) in [7, 11) is 0. The van der Waals surface area contributed by atoms with Crippen molar-refractivity contribution in [3.63, 3.8) is 0 Å². The average molecular weight is 228 g/mol. The second-order valence-corrected chi connectivity index (χ2v) is 4.67. The Morgan fingerprint density at radius 1 is 0.333 bits per heavy atom. The lowest BCUT2D eigenvalue weighted by Gasteiger charge is -2.07. The van der Waals surface area contributed by atoms with Crippen molar-refractivity contribution in [1.82, 2.24) is 0 Å². The zero-order valence-corrected chi connectivity index (χ0v) is 9.93. The van der Waals surface area contributed by atoms with Gasteiger partial charge in [-0.05, 0) is 32.3 Å². The topological polar surface area (TPSA) is 0 Å². The van der Waals surface area contributed by atoms with Crippen LogP contribution in [0.5, 0.6) is 0 Å². The number of rotatable bonds is 0. The summed E-state index contributed by atoms with van der Waals surface area (Å²) in [5, 5.41) is 7.96. The van der Waals surface area contributed by atoms with Crippen molar-refractivity contribution in [3.05, 3.63) is 72.8 Å². The van der Waals surface area contributed by atoms with E-state index in [1.54, 1.807) is 0 Å². The largest absolute Gasteiger partial charge is 0.0616 e. The molecule has 0 bridgehead atoms. The lowest BCUT2D eigenvalue weighted by Crippen LogP contribution is -1.80. The van der Waals surface area contributed by atoms with Crippen molar-refractivity contribution in [1.29, 1.82) is 0 Å². The smallest absolute Gasteiger partial charge is 0.00268 e. The highest BCUT2D eigenvalue weighted by molar-refractivity contribution is 6.21. The van der Waals surface area contributed by atoms with Crippen LogP contribution in [0.1, 0.15) is 0 Å². The van der Waals surface area contributed by atoms with E-state index in [0.29, 0.717) is 0 Å². The molecule has 0 radical (unpaired) electrons. The van der Waals surface area contributed by atoms with E-state index in [9.17, 15) is 0 Å². The van der Waals surface area contributed by atoms with Gasteiger partial charge in [0.15, 0.2) is 0 Å². The van der Waals surface area contributed by atoms with Crippen molar-refractivity contribution in [2.45, 2.75) is 0 Å². The maximum absolute atomic E-state index is 2.21. The molecule has 0 aliphatic heterocycles. The minimum absolute atomic E-state index is 1.30. The zero-order valence-electron chi connectivity index (χ0n) is 9.93. The molecule has 0 heterocycles. The molecule has 0 atom stereocenters. The summed E-state index contributed by atoms with van der Waals surface area (Å²) in [6.45, 7) is 0. The molecule has 0 nitrogen and oxygen atoms in total. The Balaban J connectivity index is 2.49. The molecule has 0 aliphatic carbocycles. The van der Waals surface area contributed by atoms with Crippen LogP contribution in [0.15, 0.2) is 72.8 Å². The summed E-state index contributed by atoms with van der Waals surface area (Å²) in [4.78, 5) is 0. The summed E-state index contributed by atoms with van der Waals surface area (Å²) in [5.74, 6) is 0. The van der Waals surface area contributed by atoms with E-state index in [-0.39, 0.29) is 0 Å². The Labute approximate surface area is 105 Å². The molecule has 0 saturated carbocycles. The lowest BCUT2D eigenvalue weighted by molar-refractivity contribution is 1.77. The first-order valence-electron chi connectivity index (χ1n) is 6.23. The summed E-state index contributed by atoms with van der Waals surface area (Å²) >= 11 is 0. The highest BCUT2D eigenvalue weighted by atomic mass is 14.1. The molecule has 0 heteroatoms. The maximum Gasteiger partial charge on any atom is -0.00268 e. The molecule has 4 aromatic rings. The van der Waals surface area contributed by atoms with Gasteiger partial charge in [-0.15, -0.1) is 0 Å². The number of hydrogen-bond acceptors (Lipinski definition) is 0. The molecule has 0 N–H and O–H groups in total. The highest BCUT2D eigenvalue weighted by Crippen LogP contribution is 2.32. The van der Waals surface area contributed by atoms with Crippen LogP contribution >= 0.6 is 0 Å². The molecule has 0 unspecified atom stereocenters. The minimum Gasteiger partial charge on any atom is -0.0616 e. The number of benzene rings is 3. The Morgan fingerprint density at radius 2 is 0.667 bits per heavy atom. The van der Waals surface area contributed by atoms with E-state index in [1.807, 2.05) is 0 Å². The molecule has 0 saturated heterocycles. The van der Waals surface area contributed by atoms with Gasteiger partial charge < -0.3 is 0 Å². The van der Waals surface area contributed by atoms with Gasteiger partial charge >= 0.3 is 0 Å². The fraction of sp³-hybridized carbons (Fsp3) is 0. The molecule has 0 fully saturated rings. The van der Waals surface area contributed by atoms with Gasteiger partial charge in [0, 0.05) is 0 Å². The van der Waals surface area contributed by atoms with E-state index in [1.165, 1.54) is 32.3 Å². The Hall–Kier alpha value is -2.34. The quantitative estimate of drug-likeness (QED) is 0.365. The normalized spacial score (nSPS) is 11.3. The fourth-order valence-electron chi connectivity index (χ4n) is 2.81. The van der Waals surface area contributed by atoms with Gasteiger partial charge in [-0.3, -0.25) is 0 Å². The molecule has 4 aromatic carbocycles. The molecular formula is C18H12. The SMILES string of the molecule is c1ccc2cccc3ccc4cccc(c1)c4c23. The van der Waals surface area contributed by atoms with E-state index in [0.717, 1.165) is 0 Å². The monoisotopic (exact) mass is 228 g/mol. The Kier molecular flexibility index (Phi) is 1.92. The van der Waals surface area contributed by atoms with Crippen LogP contribution in [0.3, 0.4) is 0 Å². The average Bonchev–Trinajstić information content (AvgIpc) is 2.40. The first-order valence-corrected chi connectivity index (χ1v) is 6.23. The summed E-state index contributed by atoms with van der Waals surface area (Å²) in [5.41, 5.74) is 0.